The number of hydrogen-bond acceptors (Lipinski definition) is 3. The number of nitrogens with zero attached hydrogens (tertiary/aromatic N) is 2. The molecule has 5 nitrogen and oxygen atoms in total. The van der Waals surface area contributed by atoms with E-state index < -0.39 is 0 Å². The van der Waals surface area contributed by atoms with Crippen LogP contribution in [0.2, 0.25) is 0 Å². The van der Waals surface area contributed by atoms with Gasteiger partial charge in [-0.3, -0.25) is 4.79 Å². The molecule has 0 unspecified atom stereocenters. The van der Waals surface area contributed by atoms with Crippen LogP contribution in [-0.2, 0) is 11.3 Å². The first-order chi connectivity index (χ1) is 13.0. The van der Waals surface area contributed by atoms with Crippen LogP contribution in [0.1, 0.15) is 5.56 Å². The number of halogens is 1. The van der Waals surface area contributed by atoms with Crippen LogP contribution in [-0.4, -0.2) is 15.5 Å². The maximum absolute atomic E-state index is 13.0. The van der Waals surface area contributed by atoms with Gasteiger partial charge in [0.15, 0.2) is 0 Å². The highest BCUT2D eigenvalue weighted by atomic mass is 32.1. The zero-order chi connectivity index (χ0) is 19.4. The van der Waals surface area contributed by atoms with Gasteiger partial charge < -0.3 is 15.6 Å². The molecule has 7 heteroatoms. The first kappa shape index (κ1) is 18.3. The van der Waals surface area contributed by atoms with Crippen LogP contribution < -0.4 is 11.1 Å². The normalized spacial score (nSPS) is 11.2. The van der Waals surface area contributed by atoms with Gasteiger partial charge in [0, 0.05) is 28.4 Å². The largest absolute Gasteiger partial charge is 0.389 e. The maximum Gasteiger partial charge on any atom is 0.244 e. The standard InChI is InChI=1S/C20H15FN4OS/c21-15-5-7-16(8-6-15)24-19(26)12-25-11-14(9-13(10-22)20(23)27)17-3-1-2-4-18(17)25/h1-9,11H,12H2,(H2,23,27)(H,24,26)/b13-9-. The number of nitrogens with one attached hydrogen (secondary N) is 1. The van der Waals surface area contributed by atoms with E-state index in [0.29, 0.717) is 5.69 Å². The zero-order valence-electron chi connectivity index (χ0n) is 14.1. The molecule has 0 saturated carbocycles. The van der Waals surface area contributed by atoms with E-state index in [-0.39, 0.29) is 28.8 Å². The lowest BCUT2D eigenvalue weighted by molar-refractivity contribution is -0.116. The predicted octanol–water partition coefficient (Wildman–Crippen LogP) is 3.61. The van der Waals surface area contributed by atoms with Gasteiger partial charge in [0.05, 0.1) is 5.57 Å². The van der Waals surface area contributed by atoms with E-state index in [4.69, 9.17) is 18.0 Å². The van der Waals surface area contributed by atoms with Crippen LogP contribution in [0, 0.1) is 17.1 Å². The van der Waals surface area contributed by atoms with Crippen molar-refractivity contribution >= 4 is 45.8 Å². The molecular weight excluding hydrogens is 363 g/mol. The predicted molar refractivity (Wildman–Crippen MR) is 107 cm³/mol. The molecule has 27 heavy (non-hydrogen) atoms. The molecule has 134 valence electrons. The minimum absolute atomic E-state index is 0.0170. The van der Waals surface area contributed by atoms with Gasteiger partial charge in [-0.2, -0.15) is 5.26 Å². The average Bonchev–Trinajstić information content (AvgIpc) is 2.99. The molecule has 1 aromatic heterocycles. The maximum atomic E-state index is 13.0. The Hall–Kier alpha value is -3.50. The van der Waals surface area contributed by atoms with Gasteiger partial charge in [0.1, 0.15) is 23.4 Å². The van der Waals surface area contributed by atoms with Crippen LogP contribution in [0.5, 0.6) is 0 Å². The molecule has 0 spiro atoms. The molecule has 3 N–H and O–H groups in total. The second-order valence-electron chi connectivity index (χ2n) is 5.82. The summed E-state index contributed by atoms with van der Waals surface area (Å²) in [5, 5.41) is 12.8. The fraction of sp³-hybridized carbons (Fsp3) is 0.0500. The molecule has 2 aromatic carbocycles. The molecular formula is C20H15FN4OS. The second kappa shape index (κ2) is 7.81. The molecule has 0 fully saturated rings. The summed E-state index contributed by atoms with van der Waals surface area (Å²) in [5.41, 5.74) is 7.85. The Labute approximate surface area is 160 Å². The molecule has 0 atom stereocenters. The number of amides is 1. The summed E-state index contributed by atoms with van der Waals surface area (Å²) in [7, 11) is 0. The lowest BCUT2D eigenvalue weighted by atomic mass is 10.1. The Morgan fingerprint density at radius 3 is 2.63 bits per heavy atom. The number of para-hydroxylation sites is 1. The monoisotopic (exact) mass is 378 g/mol. The van der Waals surface area contributed by atoms with Crippen molar-refractivity contribution in [2.75, 3.05) is 5.32 Å². The third-order valence-electron chi connectivity index (χ3n) is 3.95. The Morgan fingerprint density at radius 1 is 1.26 bits per heavy atom. The van der Waals surface area contributed by atoms with Gasteiger partial charge in [-0.15, -0.1) is 0 Å². The Balaban J connectivity index is 1.91. The first-order valence-electron chi connectivity index (χ1n) is 8.03. The Bertz CT molecular complexity index is 1090. The molecule has 0 bridgehead atoms. The summed E-state index contributed by atoms with van der Waals surface area (Å²) in [4.78, 5) is 12.4. The summed E-state index contributed by atoms with van der Waals surface area (Å²) in [6, 6.07) is 15.0. The minimum Gasteiger partial charge on any atom is -0.389 e. The number of carbonyl (C=O) groups excluding carboxylic acids is 1. The highest BCUT2D eigenvalue weighted by Gasteiger charge is 2.11. The van der Waals surface area contributed by atoms with E-state index in [1.807, 2.05) is 30.3 Å². The Morgan fingerprint density at radius 2 is 1.96 bits per heavy atom. The van der Waals surface area contributed by atoms with Gasteiger partial charge in [-0.25, -0.2) is 4.39 Å². The number of nitriles is 1. The van der Waals surface area contributed by atoms with E-state index in [9.17, 15) is 14.4 Å². The third-order valence-corrected chi connectivity index (χ3v) is 4.17. The van der Waals surface area contributed by atoms with Gasteiger partial charge in [0.2, 0.25) is 5.91 Å². The minimum atomic E-state index is -0.369. The SMILES string of the molecule is N#C/C(=C/c1cn(CC(=O)Nc2ccc(F)cc2)c2ccccc12)C(N)=S. The van der Waals surface area contributed by atoms with Crippen molar-refractivity contribution < 1.29 is 9.18 Å². The summed E-state index contributed by atoms with van der Waals surface area (Å²) < 4.78 is 14.7. The number of carbonyl (C=O) groups is 1. The van der Waals surface area contributed by atoms with Gasteiger partial charge in [0.25, 0.3) is 0 Å². The first-order valence-corrected chi connectivity index (χ1v) is 8.43. The van der Waals surface area contributed by atoms with Crippen LogP contribution in [0.4, 0.5) is 10.1 Å². The van der Waals surface area contributed by atoms with Crippen LogP contribution in [0.3, 0.4) is 0 Å². The van der Waals surface area contributed by atoms with Crippen molar-refractivity contribution in [3.05, 3.63) is 71.7 Å². The number of fused-ring (bicyclic) bond motifs is 1. The van der Waals surface area contributed by atoms with Crippen molar-refractivity contribution in [3.8, 4) is 6.07 Å². The summed E-state index contributed by atoms with van der Waals surface area (Å²) in [6.45, 7) is 0.0562. The number of nitrogens with two attached hydrogens (primary N) is 1. The fourth-order valence-corrected chi connectivity index (χ4v) is 2.83. The van der Waals surface area contributed by atoms with E-state index >= 15 is 0 Å². The second-order valence-corrected chi connectivity index (χ2v) is 6.26. The number of hydrogen-bond donors (Lipinski definition) is 2. The van der Waals surface area contributed by atoms with Gasteiger partial charge in [-0.05, 0) is 36.4 Å². The Kier molecular flexibility index (Phi) is 5.29. The molecule has 3 rings (SSSR count). The zero-order valence-corrected chi connectivity index (χ0v) is 15.0. The van der Waals surface area contributed by atoms with Crippen LogP contribution >= 0.6 is 12.2 Å². The molecule has 1 heterocycles. The molecule has 1 amide bonds. The van der Waals surface area contributed by atoms with E-state index in [2.05, 4.69) is 5.32 Å². The smallest absolute Gasteiger partial charge is 0.244 e. The number of aromatic nitrogens is 1. The number of benzene rings is 2. The summed E-state index contributed by atoms with van der Waals surface area (Å²) in [5.74, 6) is -0.625. The lowest BCUT2D eigenvalue weighted by Gasteiger charge is -2.07. The fourth-order valence-electron chi connectivity index (χ4n) is 2.72. The van der Waals surface area contributed by atoms with Crippen molar-refractivity contribution in [1.82, 2.24) is 4.57 Å². The topological polar surface area (TPSA) is 83.8 Å². The molecule has 0 aliphatic carbocycles. The third kappa shape index (κ3) is 4.19. The molecule has 0 radical (unpaired) electrons. The van der Waals surface area contributed by atoms with Gasteiger partial charge in [-0.1, -0.05) is 30.4 Å². The summed E-state index contributed by atoms with van der Waals surface area (Å²) >= 11 is 4.89. The molecule has 0 saturated heterocycles. The lowest BCUT2D eigenvalue weighted by Crippen LogP contribution is -2.18. The van der Waals surface area contributed by atoms with E-state index in [1.54, 1.807) is 16.8 Å². The van der Waals surface area contributed by atoms with Crippen molar-refractivity contribution in [2.24, 2.45) is 5.73 Å². The molecule has 0 aliphatic heterocycles. The van der Waals surface area contributed by atoms with E-state index in [1.165, 1.54) is 24.3 Å². The van der Waals surface area contributed by atoms with Crippen LogP contribution in [0.15, 0.2) is 60.3 Å². The van der Waals surface area contributed by atoms with Crippen molar-refractivity contribution in [2.45, 2.75) is 6.54 Å². The number of anilines is 1. The van der Waals surface area contributed by atoms with E-state index in [0.717, 1.165) is 16.5 Å². The average molecular weight is 378 g/mol. The quantitative estimate of drug-likeness (QED) is 0.404. The number of rotatable bonds is 5. The number of thiocarbonyl (C=S) groups is 1. The van der Waals surface area contributed by atoms with Crippen LogP contribution in [0.25, 0.3) is 17.0 Å². The van der Waals surface area contributed by atoms with Gasteiger partial charge >= 0.3 is 0 Å². The van der Waals surface area contributed by atoms with Crippen molar-refractivity contribution in [1.29, 1.82) is 5.26 Å². The molecule has 3 aromatic rings. The summed E-state index contributed by atoms with van der Waals surface area (Å²) in [6.07, 6.45) is 3.38. The van der Waals surface area contributed by atoms with Crippen molar-refractivity contribution in [3.63, 3.8) is 0 Å². The highest BCUT2D eigenvalue weighted by Crippen LogP contribution is 2.24. The highest BCUT2D eigenvalue weighted by molar-refractivity contribution is 7.80. The molecule has 0 aliphatic rings.